The van der Waals surface area contributed by atoms with E-state index in [1.165, 1.54) is 53.7 Å². The van der Waals surface area contributed by atoms with Gasteiger partial charge in [0.1, 0.15) is 5.69 Å². The summed E-state index contributed by atoms with van der Waals surface area (Å²) in [7, 11) is 2.77. The Balaban J connectivity index is 2.07. The zero-order chi connectivity index (χ0) is 26.5. The minimum atomic E-state index is -4.25. The Bertz CT molecular complexity index is 1360. The molecule has 0 aliphatic carbocycles. The summed E-state index contributed by atoms with van der Waals surface area (Å²) >= 11 is 0. The molecule has 0 aromatic heterocycles. The first kappa shape index (κ1) is 26.5. The number of sulfonamides is 1. The van der Waals surface area contributed by atoms with E-state index in [2.05, 4.69) is 4.72 Å². The van der Waals surface area contributed by atoms with Crippen molar-refractivity contribution in [2.24, 2.45) is 0 Å². The van der Waals surface area contributed by atoms with Crippen LogP contribution >= 0.6 is 0 Å². The minimum absolute atomic E-state index is 0.103. The number of rotatable bonds is 10. The Morgan fingerprint density at radius 1 is 0.778 bits per heavy atom. The van der Waals surface area contributed by atoms with Crippen LogP contribution in [-0.2, 0) is 10.0 Å². The monoisotopic (exact) mass is 519 g/mol. The molecule has 0 aliphatic rings. The fourth-order valence-corrected chi connectivity index (χ4v) is 4.54. The van der Waals surface area contributed by atoms with Crippen LogP contribution in [0.1, 0.15) is 11.1 Å². The Labute approximate surface area is 208 Å². The summed E-state index contributed by atoms with van der Waals surface area (Å²) in [6.07, 6.45) is 3.24. The highest BCUT2D eigenvalue weighted by molar-refractivity contribution is 7.92. The lowest BCUT2D eigenvalue weighted by Crippen LogP contribution is -2.15. The molecule has 0 bridgehead atoms. The van der Waals surface area contributed by atoms with Crippen molar-refractivity contribution < 1.29 is 41.6 Å². The van der Waals surface area contributed by atoms with E-state index in [0.717, 1.165) is 12.1 Å². The molecule has 0 saturated heterocycles. The van der Waals surface area contributed by atoms with E-state index in [4.69, 9.17) is 23.7 Å². The lowest BCUT2D eigenvalue weighted by molar-refractivity contribution is 0.324. The van der Waals surface area contributed by atoms with Gasteiger partial charge < -0.3 is 28.8 Å². The summed E-state index contributed by atoms with van der Waals surface area (Å²) < 4.78 is 69.2. The average molecular weight is 520 g/mol. The molecule has 3 aromatic carbocycles. The first-order valence-corrected chi connectivity index (χ1v) is 11.9. The Morgan fingerprint density at radius 2 is 1.39 bits per heavy atom. The van der Waals surface area contributed by atoms with Gasteiger partial charge in [-0.15, -0.1) is 0 Å². The lowest BCUT2D eigenvalue weighted by atomic mass is 10.1. The molecule has 0 unspecified atom stereocenters. The van der Waals surface area contributed by atoms with Gasteiger partial charge in [0, 0.05) is 11.6 Å². The van der Waals surface area contributed by atoms with Crippen molar-refractivity contribution in [2.45, 2.75) is 4.90 Å². The van der Waals surface area contributed by atoms with Crippen molar-refractivity contribution in [3.05, 3.63) is 59.4 Å². The molecular weight excluding hydrogens is 493 g/mol. The topological polar surface area (TPSA) is 113 Å². The third kappa shape index (κ3) is 5.41. The fraction of sp³-hybridized carbons (Fsp3) is 0.200. The first-order valence-electron chi connectivity index (χ1n) is 10.4. The third-order valence-corrected chi connectivity index (χ3v) is 6.53. The molecule has 0 amide bonds. The quantitative estimate of drug-likeness (QED) is 0.376. The minimum Gasteiger partial charge on any atom is -0.504 e. The zero-order valence-electron chi connectivity index (χ0n) is 20.3. The number of ether oxygens (including phenoxy) is 5. The van der Waals surface area contributed by atoms with Gasteiger partial charge in [0.15, 0.2) is 34.6 Å². The molecule has 0 saturated carbocycles. The van der Waals surface area contributed by atoms with Crippen molar-refractivity contribution in [1.82, 2.24) is 0 Å². The van der Waals surface area contributed by atoms with E-state index >= 15 is 0 Å². The molecule has 36 heavy (non-hydrogen) atoms. The standard InChI is InChI=1S/C25H26FNO8S/c1-31-20-11-9-17(14-19(20)28)36(29,30)27-23-16(8-10-18(26)24(23)34-4)7-6-15-12-21(32-2)25(35-5)22(13-15)33-3/h6-14,27-28H,1-5H3/b7-6-. The van der Waals surface area contributed by atoms with Crippen LogP contribution in [0.3, 0.4) is 0 Å². The summed E-state index contributed by atoms with van der Waals surface area (Å²) in [4.78, 5) is -0.258. The summed E-state index contributed by atoms with van der Waals surface area (Å²) in [6.45, 7) is 0. The van der Waals surface area contributed by atoms with Crippen LogP contribution in [0.5, 0.6) is 34.5 Å². The first-order chi connectivity index (χ1) is 17.2. The molecule has 0 fully saturated rings. The average Bonchev–Trinajstić information content (AvgIpc) is 2.87. The Kier molecular flexibility index (Phi) is 8.15. The second kappa shape index (κ2) is 11.1. The van der Waals surface area contributed by atoms with Gasteiger partial charge in [-0.2, -0.15) is 0 Å². The highest BCUT2D eigenvalue weighted by Gasteiger charge is 2.22. The number of phenolic OH excluding ortho intramolecular Hbond substituents is 1. The van der Waals surface area contributed by atoms with E-state index < -0.39 is 15.8 Å². The number of benzene rings is 3. The maximum atomic E-state index is 14.5. The van der Waals surface area contributed by atoms with Crippen LogP contribution in [0.15, 0.2) is 47.4 Å². The predicted molar refractivity (Wildman–Crippen MR) is 133 cm³/mol. The number of aromatic hydroxyl groups is 1. The molecule has 0 radical (unpaired) electrons. The SMILES string of the molecule is COc1ccc(S(=O)(=O)Nc2c(/C=C\c3cc(OC)c(OC)c(OC)c3)ccc(F)c2OC)cc1O. The molecule has 0 spiro atoms. The van der Waals surface area contributed by atoms with Crippen molar-refractivity contribution in [2.75, 3.05) is 40.3 Å². The van der Waals surface area contributed by atoms with Crippen molar-refractivity contribution in [1.29, 1.82) is 0 Å². The third-order valence-electron chi connectivity index (χ3n) is 5.19. The maximum absolute atomic E-state index is 14.5. The number of phenols is 1. The van der Waals surface area contributed by atoms with Gasteiger partial charge in [-0.05, 0) is 42.0 Å². The number of halogens is 1. The van der Waals surface area contributed by atoms with Gasteiger partial charge >= 0.3 is 0 Å². The Hall–Kier alpha value is -4.12. The highest BCUT2D eigenvalue weighted by atomic mass is 32.2. The van der Waals surface area contributed by atoms with Crippen LogP contribution in [0, 0.1) is 5.82 Å². The predicted octanol–water partition coefficient (Wildman–Crippen LogP) is 4.55. The number of nitrogens with one attached hydrogen (secondary N) is 1. The molecule has 3 aromatic rings. The van der Waals surface area contributed by atoms with Gasteiger partial charge in [-0.3, -0.25) is 4.72 Å². The van der Waals surface area contributed by atoms with Gasteiger partial charge in [-0.25, -0.2) is 12.8 Å². The number of hydrogen-bond acceptors (Lipinski definition) is 8. The molecule has 9 nitrogen and oxygen atoms in total. The van der Waals surface area contributed by atoms with Crippen LogP contribution in [0.4, 0.5) is 10.1 Å². The van der Waals surface area contributed by atoms with E-state index in [9.17, 15) is 17.9 Å². The van der Waals surface area contributed by atoms with Gasteiger partial charge in [0.2, 0.25) is 5.75 Å². The molecule has 3 rings (SSSR count). The molecule has 0 heterocycles. The fourth-order valence-electron chi connectivity index (χ4n) is 3.43. The van der Waals surface area contributed by atoms with Crippen LogP contribution in [-0.4, -0.2) is 49.1 Å². The molecule has 11 heteroatoms. The summed E-state index contributed by atoms with van der Waals surface area (Å²) in [5.74, 6) is -0.0694. The van der Waals surface area contributed by atoms with Gasteiger partial charge in [0.25, 0.3) is 10.0 Å². The summed E-state index contributed by atoms with van der Waals surface area (Å²) in [5.41, 5.74) is 0.821. The van der Waals surface area contributed by atoms with Crippen molar-refractivity contribution in [3.8, 4) is 34.5 Å². The van der Waals surface area contributed by atoms with Crippen LogP contribution in [0.2, 0.25) is 0 Å². The second-order valence-electron chi connectivity index (χ2n) is 7.28. The molecule has 192 valence electrons. The summed E-state index contributed by atoms with van der Waals surface area (Å²) in [5, 5.41) is 10.0. The van der Waals surface area contributed by atoms with Gasteiger partial charge in [0.05, 0.1) is 40.4 Å². The summed E-state index contributed by atoms with van der Waals surface area (Å²) in [6, 6.07) is 9.53. The van der Waals surface area contributed by atoms with E-state index in [0.29, 0.717) is 28.4 Å². The molecule has 0 atom stereocenters. The number of methoxy groups -OCH3 is 5. The van der Waals surface area contributed by atoms with Gasteiger partial charge in [-0.1, -0.05) is 12.2 Å². The molecule has 0 aliphatic heterocycles. The largest absolute Gasteiger partial charge is 0.504 e. The second-order valence-corrected chi connectivity index (χ2v) is 8.96. The normalized spacial score (nSPS) is 11.3. The van der Waals surface area contributed by atoms with E-state index in [-0.39, 0.29) is 27.8 Å². The number of hydrogen-bond donors (Lipinski definition) is 2. The Morgan fingerprint density at radius 3 is 1.92 bits per heavy atom. The lowest BCUT2D eigenvalue weighted by Gasteiger charge is -2.16. The number of anilines is 1. The highest BCUT2D eigenvalue weighted by Crippen LogP contribution is 2.40. The van der Waals surface area contributed by atoms with E-state index in [1.54, 1.807) is 24.3 Å². The van der Waals surface area contributed by atoms with Crippen LogP contribution < -0.4 is 28.4 Å². The zero-order valence-corrected chi connectivity index (χ0v) is 21.1. The molecule has 2 N–H and O–H groups in total. The molecular formula is C25H26FNO8S. The van der Waals surface area contributed by atoms with E-state index in [1.807, 2.05) is 0 Å². The van der Waals surface area contributed by atoms with Crippen LogP contribution in [0.25, 0.3) is 12.2 Å². The maximum Gasteiger partial charge on any atom is 0.262 e. The van der Waals surface area contributed by atoms with Crippen molar-refractivity contribution in [3.63, 3.8) is 0 Å². The smallest absolute Gasteiger partial charge is 0.262 e. The van der Waals surface area contributed by atoms with Crippen molar-refractivity contribution >= 4 is 27.9 Å².